The summed E-state index contributed by atoms with van der Waals surface area (Å²) in [5, 5.41) is 2.54. The SMILES string of the molecule is CC(C)(C)OC(=O)N[C@@H](CC#Cc1ccccn1)C(=O)OCc1ccccc1. The summed E-state index contributed by atoms with van der Waals surface area (Å²) in [5.41, 5.74) is 0.755. The van der Waals surface area contributed by atoms with Crippen LogP contribution in [0, 0.1) is 11.8 Å². The maximum absolute atomic E-state index is 12.5. The highest BCUT2D eigenvalue weighted by molar-refractivity contribution is 5.81. The molecule has 1 amide bonds. The van der Waals surface area contributed by atoms with E-state index in [1.54, 1.807) is 39.1 Å². The minimum atomic E-state index is -0.949. The number of pyridine rings is 1. The van der Waals surface area contributed by atoms with Gasteiger partial charge >= 0.3 is 12.1 Å². The van der Waals surface area contributed by atoms with Crippen LogP contribution in [0.3, 0.4) is 0 Å². The molecule has 6 heteroatoms. The molecule has 1 N–H and O–H groups in total. The number of amides is 1. The topological polar surface area (TPSA) is 77.5 Å². The van der Waals surface area contributed by atoms with E-state index in [0.29, 0.717) is 5.69 Å². The molecule has 0 saturated carbocycles. The average Bonchev–Trinajstić information content (AvgIpc) is 2.65. The van der Waals surface area contributed by atoms with Crippen LogP contribution >= 0.6 is 0 Å². The standard InChI is InChI=1S/C22H24N2O4/c1-22(2,3)28-21(26)24-19(14-9-13-18-12-7-8-15-23-18)20(25)27-16-17-10-5-4-6-11-17/h4-8,10-12,15,19H,14,16H2,1-3H3,(H,24,26)/t19-/m0/s1. The van der Waals surface area contributed by atoms with Crippen LogP contribution in [-0.4, -0.2) is 28.7 Å². The number of hydrogen-bond donors (Lipinski definition) is 1. The maximum atomic E-state index is 12.5. The smallest absolute Gasteiger partial charge is 0.408 e. The van der Waals surface area contributed by atoms with Crippen molar-refractivity contribution in [1.29, 1.82) is 0 Å². The average molecular weight is 380 g/mol. The number of nitrogens with zero attached hydrogens (tertiary/aromatic N) is 1. The first-order valence-electron chi connectivity index (χ1n) is 8.93. The molecule has 0 aliphatic carbocycles. The Morgan fingerprint density at radius 1 is 1.11 bits per heavy atom. The van der Waals surface area contributed by atoms with Gasteiger partial charge in [-0.1, -0.05) is 42.3 Å². The molecule has 0 spiro atoms. The van der Waals surface area contributed by atoms with E-state index in [1.165, 1.54) is 0 Å². The fraction of sp³-hybridized carbons (Fsp3) is 0.318. The Kier molecular flexibility index (Phi) is 7.58. The lowest BCUT2D eigenvalue weighted by Crippen LogP contribution is -2.44. The summed E-state index contributed by atoms with van der Waals surface area (Å²) in [6.07, 6.45) is 1.01. The number of carbonyl (C=O) groups is 2. The minimum Gasteiger partial charge on any atom is -0.459 e. The van der Waals surface area contributed by atoms with E-state index < -0.39 is 23.7 Å². The van der Waals surface area contributed by atoms with Crippen molar-refractivity contribution < 1.29 is 19.1 Å². The van der Waals surface area contributed by atoms with Crippen LogP contribution < -0.4 is 5.32 Å². The fourth-order valence-electron chi connectivity index (χ4n) is 2.15. The summed E-state index contributed by atoms with van der Waals surface area (Å²) < 4.78 is 10.6. The predicted molar refractivity (Wildman–Crippen MR) is 105 cm³/mol. The molecular weight excluding hydrogens is 356 g/mol. The van der Waals surface area contributed by atoms with E-state index in [2.05, 4.69) is 22.1 Å². The van der Waals surface area contributed by atoms with Crippen LogP contribution in [0.2, 0.25) is 0 Å². The summed E-state index contributed by atoms with van der Waals surface area (Å²) >= 11 is 0. The highest BCUT2D eigenvalue weighted by Gasteiger charge is 2.25. The van der Waals surface area contributed by atoms with Gasteiger partial charge in [0.25, 0.3) is 0 Å². The number of ether oxygens (including phenoxy) is 2. The highest BCUT2D eigenvalue weighted by atomic mass is 16.6. The van der Waals surface area contributed by atoms with Crippen LogP contribution in [0.25, 0.3) is 0 Å². The third-order valence-electron chi connectivity index (χ3n) is 3.39. The zero-order chi connectivity index (χ0) is 20.4. The molecule has 6 nitrogen and oxygen atoms in total. The van der Waals surface area contributed by atoms with Crippen LogP contribution in [0.5, 0.6) is 0 Å². The van der Waals surface area contributed by atoms with Crippen molar-refractivity contribution in [3.63, 3.8) is 0 Å². The van der Waals surface area contributed by atoms with Crippen molar-refractivity contribution in [2.45, 2.75) is 45.4 Å². The summed E-state index contributed by atoms with van der Waals surface area (Å²) in [7, 11) is 0. The number of nitrogens with one attached hydrogen (secondary N) is 1. The first kappa shape index (κ1) is 21.0. The number of benzene rings is 1. The number of alkyl carbamates (subject to hydrolysis) is 1. The Morgan fingerprint density at radius 3 is 2.46 bits per heavy atom. The molecule has 1 heterocycles. The van der Waals surface area contributed by atoms with Crippen LogP contribution in [0.15, 0.2) is 54.7 Å². The van der Waals surface area contributed by atoms with Gasteiger partial charge in [-0.15, -0.1) is 0 Å². The monoisotopic (exact) mass is 380 g/mol. The fourth-order valence-corrected chi connectivity index (χ4v) is 2.15. The van der Waals surface area contributed by atoms with Crippen molar-refractivity contribution >= 4 is 12.1 Å². The van der Waals surface area contributed by atoms with Crippen molar-refractivity contribution in [2.75, 3.05) is 0 Å². The molecular formula is C22H24N2O4. The second kappa shape index (κ2) is 10.1. The summed E-state index contributed by atoms with van der Waals surface area (Å²) in [6.45, 7) is 5.35. The highest BCUT2D eigenvalue weighted by Crippen LogP contribution is 2.08. The zero-order valence-corrected chi connectivity index (χ0v) is 16.3. The number of carbonyl (C=O) groups excluding carboxylic acids is 2. The molecule has 0 fully saturated rings. The third kappa shape index (κ3) is 7.92. The molecule has 0 aliphatic heterocycles. The lowest BCUT2D eigenvalue weighted by Gasteiger charge is -2.22. The van der Waals surface area contributed by atoms with E-state index in [-0.39, 0.29) is 13.0 Å². The Hall–Kier alpha value is -3.33. The van der Waals surface area contributed by atoms with Gasteiger partial charge in [-0.3, -0.25) is 0 Å². The van der Waals surface area contributed by atoms with Gasteiger partial charge < -0.3 is 14.8 Å². The molecule has 1 aromatic heterocycles. The van der Waals surface area contributed by atoms with Gasteiger partial charge in [-0.2, -0.15) is 0 Å². The number of aromatic nitrogens is 1. The van der Waals surface area contributed by atoms with Gasteiger partial charge in [-0.25, -0.2) is 14.6 Å². The van der Waals surface area contributed by atoms with Gasteiger partial charge in [0.15, 0.2) is 0 Å². The molecule has 0 aliphatic rings. The molecule has 0 radical (unpaired) electrons. The lowest BCUT2D eigenvalue weighted by molar-refractivity contribution is -0.147. The van der Waals surface area contributed by atoms with Gasteiger partial charge in [0.1, 0.15) is 23.9 Å². The summed E-state index contributed by atoms with van der Waals surface area (Å²) in [6, 6.07) is 13.7. The Balaban J connectivity index is 2.02. The lowest BCUT2D eigenvalue weighted by atomic mass is 10.2. The van der Waals surface area contributed by atoms with E-state index in [1.807, 2.05) is 36.4 Å². The largest absolute Gasteiger partial charge is 0.459 e. The van der Waals surface area contributed by atoms with Gasteiger partial charge in [0.2, 0.25) is 0 Å². The van der Waals surface area contributed by atoms with Crippen molar-refractivity contribution in [1.82, 2.24) is 10.3 Å². The van der Waals surface area contributed by atoms with Gasteiger partial charge in [-0.05, 0) is 44.4 Å². The molecule has 28 heavy (non-hydrogen) atoms. The molecule has 2 aromatic rings. The molecule has 1 atom stereocenters. The molecule has 146 valence electrons. The molecule has 2 rings (SSSR count). The predicted octanol–water partition coefficient (Wildman–Crippen LogP) is 3.46. The van der Waals surface area contributed by atoms with Crippen molar-refractivity contribution in [2.24, 2.45) is 0 Å². The number of esters is 1. The quantitative estimate of drug-likeness (QED) is 0.635. The van der Waals surface area contributed by atoms with Crippen LogP contribution in [0.4, 0.5) is 4.79 Å². The van der Waals surface area contributed by atoms with E-state index >= 15 is 0 Å². The van der Waals surface area contributed by atoms with Crippen molar-refractivity contribution in [3.8, 4) is 11.8 Å². The Morgan fingerprint density at radius 2 is 1.82 bits per heavy atom. The normalized spacial score (nSPS) is 11.5. The molecule has 0 unspecified atom stereocenters. The molecule has 1 aromatic carbocycles. The molecule has 0 saturated heterocycles. The van der Waals surface area contributed by atoms with Gasteiger partial charge in [0.05, 0.1) is 0 Å². The minimum absolute atomic E-state index is 0.0729. The second-order valence-corrected chi connectivity index (χ2v) is 7.01. The summed E-state index contributed by atoms with van der Waals surface area (Å²) in [4.78, 5) is 28.7. The first-order chi connectivity index (χ1) is 13.3. The second-order valence-electron chi connectivity index (χ2n) is 7.01. The molecule has 0 bridgehead atoms. The summed E-state index contributed by atoms with van der Waals surface area (Å²) in [5.74, 6) is 5.15. The Bertz CT molecular complexity index is 834. The third-order valence-corrected chi connectivity index (χ3v) is 3.39. The number of hydrogen-bond acceptors (Lipinski definition) is 5. The van der Waals surface area contributed by atoms with Crippen LogP contribution in [-0.2, 0) is 20.9 Å². The number of rotatable bonds is 5. The zero-order valence-electron chi connectivity index (χ0n) is 16.3. The van der Waals surface area contributed by atoms with E-state index in [9.17, 15) is 9.59 Å². The first-order valence-corrected chi connectivity index (χ1v) is 8.93. The van der Waals surface area contributed by atoms with E-state index in [4.69, 9.17) is 9.47 Å². The van der Waals surface area contributed by atoms with Gasteiger partial charge in [0, 0.05) is 12.6 Å². The Labute approximate surface area is 165 Å². The van der Waals surface area contributed by atoms with Crippen molar-refractivity contribution in [3.05, 3.63) is 66.0 Å². The van der Waals surface area contributed by atoms with E-state index in [0.717, 1.165) is 5.56 Å². The van der Waals surface area contributed by atoms with Crippen LogP contribution in [0.1, 0.15) is 38.4 Å². The maximum Gasteiger partial charge on any atom is 0.408 e.